The van der Waals surface area contributed by atoms with Gasteiger partial charge in [-0.3, -0.25) is 4.57 Å². The van der Waals surface area contributed by atoms with Crippen LogP contribution in [-0.4, -0.2) is 42.0 Å². The lowest BCUT2D eigenvalue weighted by Crippen LogP contribution is -2.32. The van der Waals surface area contributed by atoms with Crippen molar-refractivity contribution in [3.8, 4) is 0 Å². The summed E-state index contributed by atoms with van der Waals surface area (Å²) >= 11 is 2.28. The number of rotatable bonds is 6. The lowest BCUT2D eigenvalue weighted by molar-refractivity contribution is -0.00155. The van der Waals surface area contributed by atoms with Crippen molar-refractivity contribution in [1.29, 1.82) is 0 Å². The van der Waals surface area contributed by atoms with Gasteiger partial charge in [0.15, 0.2) is 0 Å². The van der Waals surface area contributed by atoms with Crippen LogP contribution in [0.5, 0.6) is 0 Å². The summed E-state index contributed by atoms with van der Waals surface area (Å²) in [5, 5.41) is 4.49. The van der Waals surface area contributed by atoms with Crippen molar-refractivity contribution in [3.05, 3.63) is 32.3 Å². The predicted molar refractivity (Wildman–Crippen MR) is 107 cm³/mol. The van der Waals surface area contributed by atoms with Crippen LogP contribution in [0.25, 0.3) is 10.9 Å². The molecule has 1 heterocycles. The second kappa shape index (κ2) is 8.46. The van der Waals surface area contributed by atoms with Crippen molar-refractivity contribution in [3.63, 3.8) is 0 Å². The molecule has 2 aromatic rings. The van der Waals surface area contributed by atoms with Crippen LogP contribution in [0.1, 0.15) is 25.7 Å². The molecule has 1 saturated carbocycles. The van der Waals surface area contributed by atoms with Crippen LogP contribution in [0, 0.1) is 3.57 Å². The summed E-state index contributed by atoms with van der Waals surface area (Å²) < 4.78 is 13.6. The van der Waals surface area contributed by atoms with Gasteiger partial charge < -0.3 is 14.8 Å². The van der Waals surface area contributed by atoms with Crippen molar-refractivity contribution in [2.24, 2.45) is 7.05 Å². The minimum absolute atomic E-state index is 0.229. The molecular formula is C18H24IN3O3. The van der Waals surface area contributed by atoms with E-state index < -0.39 is 0 Å². The lowest BCUT2D eigenvalue weighted by atomic mass is 9.93. The molecule has 1 fully saturated rings. The number of benzene rings is 1. The van der Waals surface area contributed by atoms with Crippen molar-refractivity contribution < 1.29 is 9.47 Å². The van der Waals surface area contributed by atoms with Gasteiger partial charge in [-0.2, -0.15) is 4.98 Å². The predicted octanol–water partition coefficient (Wildman–Crippen LogP) is 2.92. The Hall–Kier alpha value is -1.19. The van der Waals surface area contributed by atoms with Gasteiger partial charge in [0.05, 0.1) is 24.8 Å². The van der Waals surface area contributed by atoms with Gasteiger partial charge in [-0.05, 0) is 66.5 Å². The molecule has 25 heavy (non-hydrogen) atoms. The molecule has 7 heteroatoms. The Balaban J connectivity index is 1.71. The largest absolute Gasteiger partial charge is 0.382 e. The van der Waals surface area contributed by atoms with E-state index in [4.69, 9.17) is 9.47 Å². The number of nitrogens with zero attached hydrogens (tertiary/aromatic N) is 2. The Kier molecular flexibility index (Phi) is 6.29. The second-order valence-electron chi connectivity index (χ2n) is 6.45. The smallest absolute Gasteiger partial charge is 0.349 e. The molecule has 1 aromatic carbocycles. The van der Waals surface area contributed by atoms with Gasteiger partial charge in [-0.15, -0.1) is 0 Å². The fraction of sp³-hybridized carbons (Fsp3) is 0.556. The summed E-state index contributed by atoms with van der Waals surface area (Å²) in [5.74, 6) is 0.695. The summed E-state index contributed by atoms with van der Waals surface area (Å²) in [6, 6.07) is 6.38. The number of hydrogen-bond donors (Lipinski definition) is 1. The van der Waals surface area contributed by atoms with Crippen molar-refractivity contribution >= 4 is 39.3 Å². The van der Waals surface area contributed by atoms with Crippen molar-refractivity contribution in [2.75, 3.05) is 25.6 Å². The fourth-order valence-electron chi connectivity index (χ4n) is 3.30. The zero-order chi connectivity index (χ0) is 17.8. The highest BCUT2D eigenvalue weighted by Gasteiger charge is 2.22. The Bertz CT molecular complexity index is 785. The number of halogens is 1. The summed E-state index contributed by atoms with van der Waals surface area (Å²) in [6.07, 6.45) is 4.37. The Morgan fingerprint density at radius 3 is 2.76 bits per heavy atom. The molecule has 0 atom stereocenters. The molecule has 6 nitrogen and oxygen atoms in total. The number of nitrogens with one attached hydrogen (secondary N) is 1. The molecule has 0 radical (unpaired) electrons. The summed E-state index contributed by atoms with van der Waals surface area (Å²) in [5.41, 5.74) is 0.673. The van der Waals surface area contributed by atoms with Crippen LogP contribution in [0.3, 0.4) is 0 Å². The van der Waals surface area contributed by atoms with Gasteiger partial charge >= 0.3 is 5.69 Å². The van der Waals surface area contributed by atoms with E-state index in [1.165, 1.54) is 0 Å². The zero-order valence-electron chi connectivity index (χ0n) is 14.6. The number of anilines is 1. The minimum Gasteiger partial charge on any atom is -0.382 e. The van der Waals surface area contributed by atoms with Gasteiger partial charge in [-0.25, -0.2) is 4.79 Å². The molecule has 0 bridgehead atoms. The molecule has 1 aromatic heterocycles. The van der Waals surface area contributed by atoms with Crippen LogP contribution in [0.2, 0.25) is 0 Å². The average molecular weight is 457 g/mol. The first kappa shape index (κ1) is 18.6. The van der Waals surface area contributed by atoms with E-state index in [0.29, 0.717) is 31.2 Å². The molecule has 1 aliphatic carbocycles. The first-order valence-electron chi connectivity index (χ1n) is 8.62. The quantitative estimate of drug-likeness (QED) is 0.534. The van der Waals surface area contributed by atoms with Crippen LogP contribution in [-0.2, 0) is 16.5 Å². The Morgan fingerprint density at radius 2 is 2.04 bits per heavy atom. The number of hydrogen-bond acceptors (Lipinski definition) is 5. The van der Waals surface area contributed by atoms with Crippen LogP contribution < -0.4 is 11.0 Å². The first-order valence-corrected chi connectivity index (χ1v) is 9.69. The maximum atomic E-state index is 12.2. The molecular weight excluding hydrogens is 433 g/mol. The molecule has 3 rings (SSSR count). The number of aryl methyl sites for hydroxylation is 1. The van der Waals surface area contributed by atoms with E-state index in [-0.39, 0.29) is 5.69 Å². The fourth-order valence-corrected chi connectivity index (χ4v) is 3.79. The van der Waals surface area contributed by atoms with Gasteiger partial charge in [0.1, 0.15) is 5.82 Å². The van der Waals surface area contributed by atoms with Gasteiger partial charge in [0, 0.05) is 29.2 Å². The van der Waals surface area contributed by atoms with Crippen molar-refractivity contribution in [2.45, 2.75) is 37.8 Å². The lowest BCUT2D eigenvalue weighted by Gasteiger charge is -2.29. The first-order chi connectivity index (χ1) is 12.1. The van der Waals surface area contributed by atoms with Gasteiger partial charge in [-0.1, -0.05) is 0 Å². The molecule has 1 N–H and O–H groups in total. The number of fused-ring (bicyclic) bond motifs is 1. The highest BCUT2D eigenvalue weighted by molar-refractivity contribution is 14.1. The van der Waals surface area contributed by atoms with E-state index in [2.05, 4.69) is 39.0 Å². The second-order valence-corrected chi connectivity index (χ2v) is 7.69. The van der Waals surface area contributed by atoms with Crippen LogP contribution in [0.15, 0.2) is 23.0 Å². The number of methoxy groups -OCH3 is 1. The van der Waals surface area contributed by atoms with Gasteiger partial charge in [0.2, 0.25) is 0 Å². The summed E-state index contributed by atoms with van der Waals surface area (Å²) in [4.78, 5) is 16.4. The van der Waals surface area contributed by atoms with E-state index >= 15 is 0 Å². The van der Waals surface area contributed by atoms with E-state index in [9.17, 15) is 4.79 Å². The third-order valence-corrected chi connectivity index (χ3v) is 5.40. The van der Waals surface area contributed by atoms with Crippen LogP contribution in [0.4, 0.5) is 5.82 Å². The third kappa shape index (κ3) is 4.51. The topological polar surface area (TPSA) is 65.4 Å². The molecule has 0 amide bonds. The van der Waals surface area contributed by atoms with Crippen molar-refractivity contribution in [1.82, 2.24) is 9.55 Å². The Labute approximate surface area is 161 Å². The maximum absolute atomic E-state index is 12.2. The Morgan fingerprint density at radius 1 is 1.28 bits per heavy atom. The standard InChI is InChI=1S/C18H24IN3O3/c1-22-16-8-3-12(19)11-15(16)17(21-18(22)23)20-13-4-6-14(7-5-13)25-10-9-24-2/h3,8,11,13-14H,4-7,9-10H2,1-2H3,(H,20,21,23)/t13-,14+. The van der Waals surface area contributed by atoms with Crippen LogP contribution >= 0.6 is 22.6 Å². The molecule has 1 aliphatic rings. The monoisotopic (exact) mass is 457 g/mol. The molecule has 0 spiro atoms. The molecule has 0 saturated heterocycles. The summed E-state index contributed by atoms with van der Waals surface area (Å²) in [7, 11) is 3.45. The maximum Gasteiger partial charge on any atom is 0.349 e. The highest BCUT2D eigenvalue weighted by Crippen LogP contribution is 2.27. The van der Waals surface area contributed by atoms with Gasteiger partial charge in [0.25, 0.3) is 0 Å². The molecule has 0 aliphatic heterocycles. The minimum atomic E-state index is -0.229. The van der Waals surface area contributed by atoms with E-state index in [0.717, 1.165) is 40.2 Å². The van der Waals surface area contributed by atoms with E-state index in [1.54, 1.807) is 18.7 Å². The SMILES string of the molecule is COCCO[C@H]1CC[C@@H](Nc2nc(=O)n(C)c3ccc(I)cc23)CC1. The number of aromatic nitrogens is 2. The number of ether oxygens (including phenoxy) is 2. The van der Waals surface area contributed by atoms with E-state index in [1.807, 2.05) is 12.1 Å². The molecule has 136 valence electrons. The molecule has 0 unspecified atom stereocenters. The normalized spacial score (nSPS) is 20.8. The summed E-state index contributed by atoms with van der Waals surface area (Å²) in [6.45, 7) is 1.29. The zero-order valence-corrected chi connectivity index (χ0v) is 16.8. The third-order valence-electron chi connectivity index (χ3n) is 4.73. The average Bonchev–Trinajstić information content (AvgIpc) is 2.61. The highest BCUT2D eigenvalue weighted by atomic mass is 127.